The fourth-order valence-electron chi connectivity index (χ4n) is 2.43. The van der Waals surface area contributed by atoms with Gasteiger partial charge in [-0.15, -0.1) is 0 Å². The minimum atomic E-state index is -0.455. The molecule has 2 heterocycles. The normalized spacial score (nSPS) is 16.9. The number of aryl methyl sites for hydroxylation is 1. The molecule has 1 saturated heterocycles. The molecule has 0 atom stereocenters. The Morgan fingerprint density at radius 3 is 2.65 bits per heavy atom. The molecule has 20 heavy (non-hydrogen) atoms. The molecule has 0 spiro atoms. The van der Waals surface area contributed by atoms with Gasteiger partial charge in [0, 0.05) is 39.0 Å². The van der Waals surface area contributed by atoms with Gasteiger partial charge in [0.25, 0.3) is 0 Å². The Bertz CT molecular complexity index is 480. The third kappa shape index (κ3) is 3.40. The van der Waals surface area contributed by atoms with E-state index in [-0.39, 0.29) is 5.91 Å². The summed E-state index contributed by atoms with van der Waals surface area (Å²) in [5, 5.41) is 9.13. The fourth-order valence-corrected chi connectivity index (χ4v) is 2.43. The van der Waals surface area contributed by atoms with Crippen LogP contribution in [0.2, 0.25) is 0 Å². The zero-order valence-electron chi connectivity index (χ0n) is 12.1. The molecule has 1 aliphatic heterocycles. The van der Waals surface area contributed by atoms with Crippen LogP contribution in [0.1, 0.15) is 26.0 Å². The third-order valence-electron chi connectivity index (χ3n) is 3.86. The molecular formula is C15H21N3O2. The van der Waals surface area contributed by atoms with Gasteiger partial charge in [0.05, 0.1) is 12.3 Å². The molecular weight excluding hydrogens is 254 g/mol. The number of carbonyl (C=O) groups excluding carboxylic acids is 1. The summed E-state index contributed by atoms with van der Waals surface area (Å²) in [4.78, 5) is 16.1. The molecule has 2 rings (SSSR count). The Labute approximate surface area is 119 Å². The SMILES string of the molecule is CC(C)(C#N)N1CCN(C(=O)CCc2ccco2)CC1. The van der Waals surface area contributed by atoms with Crippen LogP contribution in [0.5, 0.6) is 0 Å². The summed E-state index contributed by atoms with van der Waals surface area (Å²) in [5.74, 6) is 1.01. The summed E-state index contributed by atoms with van der Waals surface area (Å²) < 4.78 is 5.23. The van der Waals surface area contributed by atoms with Gasteiger partial charge in [-0.1, -0.05) is 0 Å². The van der Waals surface area contributed by atoms with E-state index in [1.807, 2.05) is 30.9 Å². The van der Waals surface area contributed by atoms with Gasteiger partial charge in [0.15, 0.2) is 0 Å². The lowest BCUT2D eigenvalue weighted by Gasteiger charge is -2.40. The van der Waals surface area contributed by atoms with Gasteiger partial charge < -0.3 is 9.32 Å². The first kappa shape index (κ1) is 14.6. The number of hydrogen-bond donors (Lipinski definition) is 0. The monoisotopic (exact) mass is 275 g/mol. The van der Waals surface area contributed by atoms with Gasteiger partial charge >= 0.3 is 0 Å². The van der Waals surface area contributed by atoms with Crippen LogP contribution in [0.25, 0.3) is 0 Å². The van der Waals surface area contributed by atoms with Crippen molar-refractivity contribution in [1.82, 2.24) is 9.80 Å². The smallest absolute Gasteiger partial charge is 0.223 e. The number of amides is 1. The highest BCUT2D eigenvalue weighted by Crippen LogP contribution is 2.16. The van der Waals surface area contributed by atoms with E-state index >= 15 is 0 Å². The third-order valence-corrected chi connectivity index (χ3v) is 3.86. The summed E-state index contributed by atoms with van der Waals surface area (Å²) in [6.07, 6.45) is 2.76. The number of rotatable bonds is 4. The van der Waals surface area contributed by atoms with Crippen LogP contribution in [0.15, 0.2) is 22.8 Å². The van der Waals surface area contributed by atoms with Crippen molar-refractivity contribution >= 4 is 5.91 Å². The van der Waals surface area contributed by atoms with Gasteiger partial charge in [-0.3, -0.25) is 9.69 Å². The van der Waals surface area contributed by atoms with Crippen LogP contribution in [0, 0.1) is 11.3 Å². The van der Waals surface area contributed by atoms with Gasteiger partial charge in [0.1, 0.15) is 11.3 Å². The Morgan fingerprint density at radius 2 is 2.10 bits per heavy atom. The Hall–Kier alpha value is -1.80. The molecule has 0 saturated carbocycles. The first-order valence-corrected chi connectivity index (χ1v) is 6.99. The number of furan rings is 1. The largest absolute Gasteiger partial charge is 0.469 e. The highest BCUT2D eigenvalue weighted by Gasteiger charge is 2.30. The molecule has 1 aromatic heterocycles. The summed E-state index contributed by atoms with van der Waals surface area (Å²) >= 11 is 0. The molecule has 0 N–H and O–H groups in total. The van der Waals surface area contributed by atoms with Crippen molar-refractivity contribution in [2.45, 2.75) is 32.2 Å². The quantitative estimate of drug-likeness (QED) is 0.838. The van der Waals surface area contributed by atoms with E-state index in [1.54, 1.807) is 6.26 Å². The Kier molecular flexibility index (Phi) is 4.46. The predicted molar refractivity (Wildman–Crippen MR) is 74.9 cm³/mol. The van der Waals surface area contributed by atoms with E-state index in [0.717, 1.165) is 18.8 Å². The van der Waals surface area contributed by atoms with Crippen molar-refractivity contribution in [2.75, 3.05) is 26.2 Å². The predicted octanol–water partition coefficient (Wildman–Crippen LogP) is 1.66. The minimum Gasteiger partial charge on any atom is -0.469 e. The van der Waals surface area contributed by atoms with Crippen LogP contribution in [-0.2, 0) is 11.2 Å². The van der Waals surface area contributed by atoms with Crippen LogP contribution < -0.4 is 0 Å². The average Bonchev–Trinajstić information content (AvgIpc) is 2.98. The van der Waals surface area contributed by atoms with E-state index in [4.69, 9.17) is 9.68 Å². The molecule has 1 fully saturated rings. The lowest BCUT2D eigenvalue weighted by molar-refractivity contribution is -0.133. The second-order valence-electron chi connectivity index (χ2n) is 5.62. The van der Waals surface area contributed by atoms with Crippen LogP contribution in [-0.4, -0.2) is 47.4 Å². The number of hydrogen-bond acceptors (Lipinski definition) is 4. The molecule has 108 valence electrons. The van der Waals surface area contributed by atoms with Crippen molar-refractivity contribution in [3.63, 3.8) is 0 Å². The van der Waals surface area contributed by atoms with Crippen molar-refractivity contribution in [1.29, 1.82) is 5.26 Å². The van der Waals surface area contributed by atoms with Gasteiger partial charge in [-0.2, -0.15) is 5.26 Å². The van der Waals surface area contributed by atoms with E-state index in [9.17, 15) is 4.79 Å². The molecule has 5 heteroatoms. The Balaban J connectivity index is 1.79. The summed E-state index contributed by atoms with van der Waals surface area (Å²) in [6.45, 7) is 6.74. The molecule has 0 aromatic carbocycles. The summed E-state index contributed by atoms with van der Waals surface area (Å²) in [7, 11) is 0. The van der Waals surface area contributed by atoms with Crippen molar-refractivity contribution in [2.24, 2.45) is 0 Å². The molecule has 0 aliphatic carbocycles. The van der Waals surface area contributed by atoms with E-state index in [0.29, 0.717) is 25.9 Å². The fraction of sp³-hybridized carbons (Fsp3) is 0.600. The maximum atomic E-state index is 12.1. The lowest BCUT2D eigenvalue weighted by atomic mass is 10.0. The van der Waals surface area contributed by atoms with Crippen molar-refractivity contribution in [3.8, 4) is 6.07 Å². The first-order chi connectivity index (χ1) is 9.53. The molecule has 1 aromatic rings. The van der Waals surface area contributed by atoms with Gasteiger partial charge in [-0.25, -0.2) is 0 Å². The maximum Gasteiger partial charge on any atom is 0.223 e. The van der Waals surface area contributed by atoms with E-state index in [1.165, 1.54) is 0 Å². The standard InChI is InChI=1S/C15H21N3O2/c1-15(2,12-16)18-9-7-17(8-10-18)14(19)6-5-13-4-3-11-20-13/h3-4,11H,5-10H2,1-2H3. The van der Waals surface area contributed by atoms with Crippen LogP contribution in [0.3, 0.4) is 0 Å². The zero-order chi connectivity index (χ0) is 14.6. The Morgan fingerprint density at radius 1 is 1.40 bits per heavy atom. The summed E-state index contributed by atoms with van der Waals surface area (Å²) in [5.41, 5.74) is -0.455. The minimum absolute atomic E-state index is 0.163. The lowest BCUT2D eigenvalue weighted by Crippen LogP contribution is -2.55. The van der Waals surface area contributed by atoms with Crippen LogP contribution >= 0.6 is 0 Å². The number of nitrogens with zero attached hydrogens (tertiary/aromatic N) is 3. The number of piperazine rings is 1. The molecule has 0 unspecified atom stereocenters. The van der Waals surface area contributed by atoms with E-state index in [2.05, 4.69) is 11.0 Å². The molecule has 0 bridgehead atoms. The van der Waals surface area contributed by atoms with Crippen LogP contribution in [0.4, 0.5) is 0 Å². The average molecular weight is 275 g/mol. The highest BCUT2D eigenvalue weighted by molar-refractivity contribution is 5.76. The molecule has 0 radical (unpaired) electrons. The van der Waals surface area contributed by atoms with Gasteiger partial charge in [0.2, 0.25) is 5.91 Å². The number of nitriles is 1. The topological polar surface area (TPSA) is 60.5 Å². The second-order valence-corrected chi connectivity index (χ2v) is 5.62. The molecule has 1 amide bonds. The van der Waals surface area contributed by atoms with E-state index < -0.39 is 5.54 Å². The molecule has 1 aliphatic rings. The second kappa shape index (κ2) is 6.10. The zero-order valence-corrected chi connectivity index (χ0v) is 12.1. The molecule has 5 nitrogen and oxygen atoms in total. The first-order valence-electron chi connectivity index (χ1n) is 6.99. The van der Waals surface area contributed by atoms with Crippen molar-refractivity contribution < 1.29 is 9.21 Å². The maximum absolute atomic E-state index is 12.1. The van der Waals surface area contributed by atoms with Gasteiger partial charge in [-0.05, 0) is 26.0 Å². The van der Waals surface area contributed by atoms with Crippen molar-refractivity contribution in [3.05, 3.63) is 24.2 Å². The highest BCUT2D eigenvalue weighted by atomic mass is 16.3. The number of carbonyl (C=O) groups is 1. The summed E-state index contributed by atoms with van der Waals surface area (Å²) in [6, 6.07) is 6.03.